The molecule has 2 aromatic carbocycles. The molecule has 156 valence electrons. The molecule has 0 saturated carbocycles. The first kappa shape index (κ1) is 23.0. The van der Waals surface area contributed by atoms with E-state index in [0.717, 1.165) is 11.1 Å². The van der Waals surface area contributed by atoms with Crippen molar-refractivity contribution in [3.63, 3.8) is 0 Å². The van der Waals surface area contributed by atoms with Crippen molar-refractivity contribution in [1.82, 2.24) is 0 Å². The van der Waals surface area contributed by atoms with E-state index in [-0.39, 0.29) is 11.2 Å². The molecule has 0 N–H and O–H groups in total. The molecule has 1 aromatic heterocycles. The van der Waals surface area contributed by atoms with Gasteiger partial charge >= 0.3 is 0 Å². The molecule has 0 spiro atoms. The van der Waals surface area contributed by atoms with E-state index in [4.69, 9.17) is 9.47 Å². The Bertz CT molecular complexity index is 1030. The van der Waals surface area contributed by atoms with Crippen LogP contribution in [0.15, 0.2) is 65.7 Å². The summed E-state index contributed by atoms with van der Waals surface area (Å²) < 4.78 is 44.6. The zero-order chi connectivity index (χ0) is 21.4. The Hall–Kier alpha value is -2.32. The highest BCUT2D eigenvalue weighted by molar-refractivity contribution is 7.85. The quantitative estimate of drug-likeness (QED) is 0.348. The number of nitrogens with zero attached hydrogens (tertiary/aromatic N) is 1. The number of ether oxygens (including phenoxy) is 2. The first-order valence-electron chi connectivity index (χ1n) is 9.41. The van der Waals surface area contributed by atoms with Crippen LogP contribution in [-0.4, -0.2) is 26.2 Å². The summed E-state index contributed by atoms with van der Waals surface area (Å²) in [5, 5.41) is 1.18. The lowest BCUT2D eigenvalue weighted by atomic mass is 10.1. The average Bonchev–Trinajstić information content (AvgIpc) is 2.69. The fraction of sp³-hybridized carbons (Fsp3) is 0.318. The zero-order valence-corrected chi connectivity index (χ0v) is 18.0. The normalized spacial score (nSPS) is 11.4. The first-order chi connectivity index (χ1) is 13.8. The number of hydrogen-bond donors (Lipinski definition) is 0. The molecule has 3 rings (SSSR count). The van der Waals surface area contributed by atoms with Crippen molar-refractivity contribution in [1.29, 1.82) is 0 Å². The van der Waals surface area contributed by atoms with Gasteiger partial charge in [0.15, 0.2) is 12.5 Å². The number of fused-ring (bicyclic) bond motifs is 1. The summed E-state index contributed by atoms with van der Waals surface area (Å²) in [4.78, 5) is -0.178. The summed E-state index contributed by atoms with van der Waals surface area (Å²) in [7, 11) is -2.23. The van der Waals surface area contributed by atoms with Crippen molar-refractivity contribution in [3.8, 4) is 0 Å². The van der Waals surface area contributed by atoms with Crippen LogP contribution in [0.5, 0.6) is 0 Å². The fourth-order valence-corrected chi connectivity index (χ4v) is 3.30. The highest BCUT2D eigenvalue weighted by Gasteiger charge is 2.18. The number of aromatic nitrogens is 1. The molecular formula is C22H27NO5S. The summed E-state index contributed by atoms with van der Waals surface area (Å²) in [6.07, 6.45) is 1.76. The summed E-state index contributed by atoms with van der Waals surface area (Å²) in [6, 6.07) is 16.1. The van der Waals surface area contributed by atoms with E-state index in [1.807, 2.05) is 46.1 Å². The van der Waals surface area contributed by atoms with E-state index < -0.39 is 10.1 Å². The van der Waals surface area contributed by atoms with Crippen molar-refractivity contribution >= 4 is 21.0 Å². The second kappa shape index (κ2) is 10.5. The molecule has 29 heavy (non-hydrogen) atoms. The van der Waals surface area contributed by atoms with Crippen LogP contribution in [0.3, 0.4) is 0 Å². The lowest BCUT2D eigenvalue weighted by molar-refractivity contribution is -0.645. The molecule has 0 fully saturated rings. The topological polar surface area (TPSA) is 79.5 Å². The Labute approximate surface area is 172 Å². The molecule has 0 amide bonds. The second-order valence-corrected chi connectivity index (χ2v) is 7.79. The van der Waals surface area contributed by atoms with Gasteiger partial charge in [-0.3, -0.25) is 0 Å². The van der Waals surface area contributed by atoms with E-state index in [2.05, 4.69) is 22.8 Å². The maximum absolute atomic E-state index is 10.4. The van der Waals surface area contributed by atoms with Crippen LogP contribution in [0.2, 0.25) is 0 Å². The van der Waals surface area contributed by atoms with Gasteiger partial charge in [-0.05, 0) is 39.0 Å². The molecule has 0 atom stereocenters. The molecule has 0 aliphatic heterocycles. The molecule has 6 nitrogen and oxygen atoms in total. The van der Waals surface area contributed by atoms with Crippen molar-refractivity contribution in [2.45, 2.75) is 32.0 Å². The number of aryl methyl sites for hydroxylation is 2. The summed E-state index contributed by atoms with van der Waals surface area (Å²) in [5.74, 6) is 0. The Kier molecular flexibility index (Phi) is 8.28. The van der Waals surface area contributed by atoms with Gasteiger partial charge in [-0.1, -0.05) is 29.8 Å². The van der Waals surface area contributed by atoms with Gasteiger partial charge in [0.2, 0.25) is 5.52 Å². The third-order valence-electron chi connectivity index (χ3n) is 4.27. The molecule has 1 heterocycles. The van der Waals surface area contributed by atoms with E-state index in [0.29, 0.717) is 13.2 Å². The molecule has 7 heteroatoms. The van der Waals surface area contributed by atoms with Crippen LogP contribution in [0.25, 0.3) is 10.9 Å². The summed E-state index contributed by atoms with van der Waals surface area (Å²) in [6.45, 7) is 7.07. The Balaban J connectivity index is 0.000000234. The van der Waals surface area contributed by atoms with Crippen LogP contribution in [0, 0.1) is 6.92 Å². The SMILES string of the molecule is CCOC(OCC)c1cc[n+](C)c2ccccc12.Cc1ccc(S(=O)(=O)[O-])cc1. The minimum atomic E-state index is -4.27. The third kappa shape index (κ3) is 6.33. The van der Waals surface area contributed by atoms with Gasteiger partial charge < -0.3 is 14.0 Å². The molecule has 3 aromatic rings. The monoisotopic (exact) mass is 417 g/mol. The van der Waals surface area contributed by atoms with E-state index >= 15 is 0 Å². The van der Waals surface area contributed by atoms with Gasteiger partial charge in [0, 0.05) is 30.9 Å². The van der Waals surface area contributed by atoms with Crippen molar-refractivity contribution < 1.29 is 27.0 Å². The Morgan fingerprint density at radius 2 is 1.55 bits per heavy atom. The lowest BCUT2D eigenvalue weighted by Gasteiger charge is -2.18. The molecule has 0 aliphatic rings. The maximum Gasteiger partial charge on any atom is 0.212 e. The van der Waals surface area contributed by atoms with Crippen molar-refractivity contribution in [3.05, 3.63) is 71.9 Å². The minimum Gasteiger partial charge on any atom is -0.744 e. The minimum absolute atomic E-state index is 0.178. The van der Waals surface area contributed by atoms with Gasteiger partial charge in [-0.2, -0.15) is 0 Å². The molecule has 0 saturated heterocycles. The predicted octanol–water partition coefficient (Wildman–Crippen LogP) is 3.64. The standard InChI is InChI=1S/C15H20NO2.C7H8O3S/c1-4-17-15(18-5-2)13-10-11-16(3)14-9-7-6-8-12(13)14;1-6-2-4-7(5-3-6)11(8,9)10/h6-11,15H,4-5H2,1-3H3;2-5H,1H3,(H,8,9,10)/q+1;/p-1. The van der Waals surface area contributed by atoms with Gasteiger partial charge in [0.25, 0.3) is 0 Å². The largest absolute Gasteiger partial charge is 0.744 e. The van der Waals surface area contributed by atoms with Crippen LogP contribution >= 0.6 is 0 Å². The summed E-state index contributed by atoms with van der Waals surface area (Å²) >= 11 is 0. The van der Waals surface area contributed by atoms with Gasteiger partial charge in [0.05, 0.1) is 10.3 Å². The third-order valence-corrected chi connectivity index (χ3v) is 5.12. The average molecular weight is 418 g/mol. The van der Waals surface area contributed by atoms with Gasteiger partial charge in [-0.15, -0.1) is 0 Å². The van der Waals surface area contributed by atoms with Gasteiger partial charge in [-0.25, -0.2) is 13.0 Å². The number of hydrogen-bond acceptors (Lipinski definition) is 5. The molecule has 0 aliphatic carbocycles. The Morgan fingerprint density at radius 1 is 0.966 bits per heavy atom. The number of benzene rings is 2. The fourth-order valence-electron chi connectivity index (χ4n) is 2.83. The number of rotatable bonds is 6. The van der Waals surface area contributed by atoms with Crippen LogP contribution in [-0.2, 0) is 26.6 Å². The van der Waals surface area contributed by atoms with Gasteiger partial charge in [0.1, 0.15) is 17.2 Å². The van der Waals surface area contributed by atoms with E-state index in [1.165, 1.54) is 23.0 Å². The van der Waals surface area contributed by atoms with Crippen LogP contribution < -0.4 is 4.57 Å². The first-order valence-corrected chi connectivity index (χ1v) is 10.8. The molecule has 0 radical (unpaired) electrons. The predicted molar refractivity (Wildman–Crippen MR) is 110 cm³/mol. The van der Waals surface area contributed by atoms with Crippen molar-refractivity contribution in [2.24, 2.45) is 7.05 Å². The number of pyridine rings is 1. The number of para-hydroxylation sites is 1. The molecule has 0 bridgehead atoms. The Morgan fingerprint density at radius 3 is 2.10 bits per heavy atom. The highest BCUT2D eigenvalue weighted by atomic mass is 32.2. The van der Waals surface area contributed by atoms with Crippen LogP contribution in [0.4, 0.5) is 0 Å². The summed E-state index contributed by atoms with van der Waals surface area (Å²) in [5.41, 5.74) is 3.20. The lowest BCUT2D eigenvalue weighted by Crippen LogP contribution is -2.29. The van der Waals surface area contributed by atoms with Crippen molar-refractivity contribution in [2.75, 3.05) is 13.2 Å². The smallest absolute Gasteiger partial charge is 0.212 e. The highest BCUT2D eigenvalue weighted by Crippen LogP contribution is 2.25. The van der Waals surface area contributed by atoms with E-state index in [9.17, 15) is 13.0 Å². The second-order valence-electron chi connectivity index (χ2n) is 6.41. The molecular weight excluding hydrogens is 390 g/mol. The zero-order valence-electron chi connectivity index (χ0n) is 17.2. The van der Waals surface area contributed by atoms with E-state index in [1.54, 1.807) is 12.1 Å². The maximum atomic E-state index is 10.4. The van der Waals surface area contributed by atoms with Crippen LogP contribution in [0.1, 0.15) is 31.3 Å². The molecule has 0 unspecified atom stereocenters.